The molecule has 0 aliphatic heterocycles. The van der Waals surface area contributed by atoms with Crippen LogP contribution in [0.5, 0.6) is 0 Å². The maximum absolute atomic E-state index is 12.5. The standard InChI is InChI=1S/C26H23ClN4O8/c27-18-5-3-4-17(13-18)16-10-8-15(9-11-16)12-19(14-22(32)26(36)37)28-24(34)25(35)30-29-23(33)20-6-1-2-7-21(20)31(38)39/h1-11,13,19,22,32H,12,14H2,(H,28,34)(H,29,33)(H,30,35)(H,36,37). The number of carbonyl (C=O) groups excluding carboxylic acids is 3. The lowest BCUT2D eigenvalue weighted by atomic mass is 9.98. The second-order valence-electron chi connectivity index (χ2n) is 8.35. The van der Waals surface area contributed by atoms with Gasteiger partial charge in [0.2, 0.25) is 0 Å². The normalized spacial score (nSPS) is 12.1. The van der Waals surface area contributed by atoms with E-state index < -0.39 is 52.9 Å². The fourth-order valence-corrected chi connectivity index (χ4v) is 3.85. The summed E-state index contributed by atoms with van der Waals surface area (Å²) in [5.74, 6) is -5.07. The summed E-state index contributed by atoms with van der Waals surface area (Å²) in [6.45, 7) is 0. The number of carboxylic acids is 1. The number of carbonyl (C=O) groups is 4. The molecule has 0 heterocycles. The third-order valence-corrected chi connectivity index (χ3v) is 5.80. The third kappa shape index (κ3) is 8.09. The molecule has 2 atom stereocenters. The van der Waals surface area contributed by atoms with Gasteiger partial charge in [-0.05, 0) is 41.3 Å². The molecule has 0 saturated heterocycles. The van der Waals surface area contributed by atoms with E-state index in [1.54, 1.807) is 42.5 Å². The van der Waals surface area contributed by atoms with Crippen LogP contribution in [-0.4, -0.2) is 51.0 Å². The van der Waals surface area contributed by atoms with E-state index in [0.717, 1.165) is 17.2 Å². The highest BCUT2D eigenvalue weighted by Crippen LogP contribution is 2.23. The number of nitro groups is 1. The first-order chi connectivity index (χ1) is 18.5. The zero-order valence-corrected chi connectivity index (χ0v) is 20.9. The molecule has 0 aliphatic carbocycles. The smallest absolute Gasteiger partial charge is 0.332 e. The van der Waals surface area contributed by atoms with Crippen LogP contribution < -0.4 is 16.2 Å². The highest BCUT2D eigenvalue weighted by atomic mass is 35.5. The monoisotopic (exact) mass is 554 g/mol. The van der Waals surface area contributed by atoms with Crippen molar-refractivity contribution in [1.29, 1.82) is 0 Å². The molecule has 0 spiro atoms. The van der Waals surface area contributed by atoms with Gasteiger partial charge in [-0.15, -0.1) is 0 Å². The summed E-state index contributed by atoms with van der Waals surface area (Å²) in [6, 6.07) is 18.3. The molecule has 2 unspecified atom stereocenters. The summed E-state index contributed by atoms with van der Waals surface area (Å²) in [5.41, 5.74) is 5.35. The molecule has 3 aromatic rings. The minimum absolute atomic E-state index is 0.0712. The van der Waals surface area contributed by atoms with Crippen molar-refractivity contribution >= 4 is 41.0 Å². The van der Waals surface area contributed by atoms with Crippen LogP contribution >= 0.6 is 11.6 Å². The number of amides is 3. The van der Waals surface area contributed by atoms with Gasteiger partial charge in [0.25, 0.3) is 11.6 Å². The molecule has 13 heteroatoms. The molecule has 0 saturated carbocycles. The van der Waals surface area contributed by atoms with Gasteiger partial charge in [-0.25, -0.2) is 4.79 Å². The molecule has 3 amide bonds. The average molecular weight is 555 g/mol. The van der Waals surface area contributed by atoms with Crippen molar-refractivity contribution in [3.63, 3.8) is 0 Å². The van der Waals surface area contributed by atoms with Gasteiger partial charge in [-0.3, -0.25) is 35.3 Å². The fourth-order valence-electron chi connectivity index (χ4n) is 3.66. The number of aliphatic hydroxyl groups is 1. The Bertz CT molecular complexity index is 1400. The second-order valence-corrected chi connectivity index (χ2v) is 8.79. The highest BCUT2D eigenvalue weighted by Gasteiger charge is 2.26. The molecule has 202 valence electrons. The van der Waals surface area contributed by atoms with Crippen molar-refractivity contribution in [2.24, 2.45) is 0 Å². The molecule has 3 aromatic carbocycles. The molecule has 0 bridgehead atoms. The first-order valence-corrected chi connectivity index (χ1v) is 11.8. The van der Waals surface area contributed by atoms with Gasteiger partial charge in [0.05, 0.1) is 4.92 Å². The van der Waals surface area contributed by atoms with Crippen LogP contribution in [0.25, 0.3) is 11.1 Å². The van der Waals surface area contributed by atoms with E-state index in [-0.39, 0.29) is 12.0 Å². The van der Waals surface area contributed by atoms with Crippen LogP contribution in [0.15, 0.2) is 72.8 Å². The van der Waals surface area contributed by atoms with Crippen LogP contribution in [-0.2, 0) is 20.8 Å². The minimum Gasteiger partial charge on any atom is -0.479 e. The van der Waals surface area contributed by atoms with Gasteiger partial charge in [0.15, 0.2) is 6.10 Å². The number of aliphatic hydroxyl groups excluding tert-OH is 1. The number of para-hydroxylation sites is 1. The number of nitrogens with one attached hydrogen (secondary N) is 3. The van der Waals surface area contributed by atoms with E-state index in [1.165, 1.54) is 18.2 Å². The van der Waals surface area contributed by atoms with Crippen LogP contribution in [0.4, 0.5) is 5.69 Å². The predicted octanol–water partition coefficient (Wildman–Crippen LogP) is 2.24. The number of nitro benzene ring substituents is 1. The van der Waals surface area contributed by atoms with Crippen molar-refractivity contribution in [3.8, 4) is 11.1 Å². The van der Waals surface area contributed by atoms with E-state index in [2.05, 4.69) is 5.32 Å². The first kappa shape index (κ1) is 28.8. The lowest BCUT2D eigenvalue weighted by molar-refractivity contribution is -0.385. The molecule has 0 aromatic heterocycles. The second kappa shape index (κ2) is 13.1. The Balaban J connectivity index is 1.66. The molecular formula is C26H23ClN4O8. The molecule has 3 rings (SSSR count). The number of carboxylic acid groups (broad SMARTS) is 1. The van der Waals surface area contributed by atoms with E-state index >= 15 is 0 Å². The highest BCUT2D eigenvalue weighted by molar-refractivity contribution is 6.35. The Morgan fingerprint density at radius 1 is 0.897 bits per heavy atom. The number of aliphatic carboxylic acids is 1. The summed E-state index contributed by atoms with van der Waals surface area (Å²) < 4.78 is 0. The Labute approximate surface area is 226 Å². The third-order valence-electron chi connectivity index (χ3n) is 5.56. The van der Waals surface area contributed by atoms with E-state index in [0.29, 0.717) is 10.6 Å². The number of nitrogens with zero attached hydrogens (tertiary/aromatic N) is 1. The SMILES string of the molecule is O=C(NNC(=O)c1ccccc1[N+](=O)[O-])C(=O)NC(Cc1ccc(-c2cccc(Cl)c2)cc1)CC(O)C(=O)O. The van der Waals surface area contributed by atoms with E-state index in [9.17, 15) is 34.4 Å². The van der Waals surface area contributed by atoms with Crippen LogP contribution in [0, 0.1) is 10.1 Å². The Morgan fingerprint density at radius 3 is 2.23 bits per heavy atom. The molecular weight excluding hydrogens is 532 g/mol. The molecule has 0 aliphatic rings. The van der Waals surface area contributed by atoms with Gasteiger partial charge < -0.3 is 15.5 Å². The Morgan fingerprint density at radius 2 is 1.59 bits per heavy atom. The summed E-state index contributed by atoms with van der Waals surface area (Å²) >= 11 is 6.04. The number of rotatable bonds is 9. The topological polar surface area (TPSA) is 188 Å². The molecule has 0 fully saturated rings. The molecule has 5 N–H and O–H groups in total. The summed E-state index contributed by atoms with van der Waals surface area (Å²) in [5, 5.41) is 32.9. The van der Waals surface area contributed by atoms with E-state index in [1.807, 2.05) is 16.9 Å². The Hall–Kier alpha value is -4.81. The zero-order chi connectivity index (χ0) is 28.5. The van der Waals surface area contributed by atoms with Gasteiger partial charge in [0.1, 0.15) is 5.56 Å². The van der Waals surface area contributed by atoms with Crippen molar-refractivity contribution in [2.45, 2.75) is 25.0 Å². The number of halogens is 1. The average Bonchev–Trinajstić information content (AvgIpc) is 2.91. The van der Waals surface area contributed by atoms with Crippen LogP contribution in [0.2, 0.25) is 5.02 Å². The van der Waals surface area contributed by atoms with Crippen molar-refractivity contribution in [2.75, 3.05) is 0 Å². The number of benzene rings is 3. The predicted molar refractivity (Wildman–Crippen MR) is 139 cm³/mol. The quantitative estimate of drug-likeness (QED) is 0.151. The number of hydrogen-bond acceptors (Lipinski definition) is 7. The molecule has 12 nitrogen and oxygen atoms in total. The van der Waals surface area contributed by atoms with Crippen molar-refractivity contribution in [1.82, 2.24) is 16.2 Å². The van der Waals surface area contributed by atoms with Gasteiger partial charge in [0, 0.05) is 23.6 Å². The first-order valence-electron chi connectivity index (χ1n) is 11.5. The van der Waals surface area contributed by atoms with Crippen molar-refractivity contribution < 1.29 is 34.3 Å². The Kier molecular flexibility index (Phi) is 9.68. The lowest BCUT2D eigenvalue weighted by Crippen LogP contribution is -2.51. The number of hydrogen-bond donors (Lipinski definition) is 5. The molecule has 0 radical (unpaired) electrons. The van der Waals surface area contributed by atoms with Gasteiger partial charge in [-0.2, -0.15) is 0 Å². The van der Waals surface area contributed by atoms with Gasteiger partial charge in [-0.1, -0.05) is 60.1 Å². The summed E-state index contributed by atoms with van der Waals surface area (Å²) in [4.78, 5) is 58.5. The summed E-state index contributed by atoms with van der Waals surface area (Å²) in [6.07, 6.45) is -2.16. The minimum atomic E-state index is -1.82. The van der Waals surface area contributed by atoms with E-state index in [4.69, 9.17) is 16.7 Å². The van der Waals surface area contributed by atoms with Crippen LogP contribution in [0.1, 0.15) is 22.3 Å². The maximum Gasteiger partial charge on any atom is 0.332 e. The van der Waals surface area contributed by atoms with Crippen molar-refractivity contribution in [3.05, 3.63) is 99.1 Å². The summed E-state index contributed by atoms with van der Waals surface area (Å²) in [7, 11) is 0. The number of hydrazine groups is 1. The molecule has 39 heavy (non-hydrogen) atoms. The lowest BCUT2D eigenvalue weighted by Gasteiger charge is -2.20. The van der Waals surface area contributed by atoms with Gasteiger partial charge >= 0.3 is 17.8 Å². The van der Waals surface area contributed by atoms with Crippen LogP contribution in [0.3, 0.4) is 0 Å². The zero-order valence-electron chi connectivity index (χ0n) is 20.2. The maximum atomic E-state index is 12.5. The largest absolute Gasteiger partial charge is 0.479 e. The fraction of sp³-hybridized carbons (Fsp3) is 0.154.